The maximum atomic E-state index is 12.8. The zero-order valence-corrected chi connectivity index (χ0v) is 27.6. The van der Waals surface area contributed by atoms with E-state index in [0.29, 0.717) is 34.1 Å². The lowest BCUT2D eigenvalue weighted by atomic mass is 10.00. The van der Waals surface area contributed by atoms with Crippen molar-refractivity contribution in [2.45, 2.75) is 45.4 Å². The van der Waals surface area contributed by atoms with Crippen LogP contribution in [0.25, 0.3) is 17.1 Å². The molecule has 1 aliphatic rings. The highest BCUT2D eigenvalue weighted by Gasteiger charge is 2.32. The molecule has 0 unspecified atom stereocenters. The Morgan fingerprint density at radius 3 is 2.57 bits per heavy atom. The number of amides is 1. The number of thiocarbonyl (C=S) groups is 1. The SMILES string of the molecule is COc1ccc(N2C(=O)CSC2=NC(=S)NCCCCc2cccc(-c3ncn(-c4ccc(OC(F)(F)F)cc4)n3)c2)c(C(C)C)c1. The van der Waals surface area contributed by atoms with E-state index in [9.17, 15) is 18.0 Å². The smallest absolute Gasteiger partial charge is 0.497 e. The van der Waals surface area contributed by atoms with Crippen molar-refractivity contribution in [2.75, 3.05) is 24.3 Å². The number of methoxy groups -OCH3 is 1. The molecule has 47 heavy (non-hydrogen) atoms. The Hall–Kier alpha value is -4.43. The lowest BCUT2D eigenvalue weighted by Gasteiger charge is -2.22. The Morgan fingerprint density at radius 2 is 1.85 bits per heavy atom. The number of unbranched alkanes of at least 4 members (excludes halogenated alkanes) is 1. The van der Waals surface area contributed by atoms with E-state index >= 15 is 0 Å². The minimum absolute atomic E-state index is 0.0403. The summed E-state index contributed by atoms with van der Waals surface area (Å²) in [4.78, 5) is 23.4. The Balaban J connectivity index is 1.13. The van der Waals surface area contributed by atoms with Crippen molar-refractivity contribution < 1.29 is 27.4 Å². The molecule has 4 aromatic rings. The third kappa shape index (κ3) is 8.89. The first-order chi connectivity index (χ1) is 22.5. The van der Waals surface area contributed by atoms with Gasteiger partial charge in [0.25, 0.3) is 0 Å². The molecule has 9 nitrogen and oxygen atoms in total. The number of hydrogen-bond acceptors (Lipinski definition) is 7. The summed E-state index contributed by atoms with van der Waals surface area (Å²) in [6, 6.07) is 19.0. The van der Waals surface area contributed by atoms with E-state index in [4.69, 9.17) is 17.0 Å². The molecule has 1 amide bonds. The zero-order valence-electron chi connectivity index (χ0n) is 26.0. The van der Waals surface area contributed by atoms with Crippen LogP contribution >= 0.6 is 24.0 Å². The highest BCUT2D eigenvalue weighted by atomic mass is 32.2. The van der Waals surface area contributed by atoms with Crippen LogP contribution in [0.4, 0.5) is 18.9 Å². The minimum Gasteiger partial charge on any atom is -0.497 e. The third-order valence-corrected chi connectivity index (χ3v) is 8.40. The van der Waals surface area contributed by atoms with Gasteiger partial charge in [-0.2, -0.15) is 4.99 Å². The molecule has 0 spiro atoms. The number of carbonyl (C=O) groups excluding carboxylic acids is 1. The summed E-state index contributed by atoms with van der Waals surface area (Å²) in [5.74, 6) is 1.36. The Labute approximate surface area is 280 Å². The summed E-state index contributed by atoms with van der Waals surface area (Å²) in [6.07, 6.45) is -0.666. The number of thioether (sulfide) groups is 1. The second-order valence-electron chi connectivity index (χ2n) is 10.9. The van der Waals surface area contributed by atoms with Gasteiger partial charge in [-0.15, -0.1) is 18.3 Å². The topological polar surface area (TPSA) is 93.9 Å². The van der Waals surface area contributed by atoms with Crippen molar-refractivity contribution in [1.29, 1.82) is 0 Å². The fraction of sp³-hybridized carbons (Fsp3) is 0.303. The highest BCUT2D eigenvalue weighted by Crippen LogP contribution is 2.35. The monoisotopic (exact) mass is 682 g/mol. The molecule has 246 valence electrons. The number of nitrogens with zero attached hydrogens (tertiary/aromatic N) is 5. The molecule has 0 radical (unpaired) electrons. The van der Waals surface area contributed by atoms with Gasteiger partial charge < -0.3 is 14.8 Å². The molecular weight excluding hydrogens is 650 g/mol. The van der Waals surface area contributed by atoms with Crippen LogP contribution in [-0.4, -0.2) is 56.7 Å². The first kappa shape index (κ1) is 33.9. The van der Waals surface area contributed by atoms with Gasteiger partial charge in [0.2, 0.25) is 5.91 Å². The average Bonchev–Trinajstić information content (AvgIpc) is 3.67. The van der Waals surface area contributed by atoms with Crippen molar-refractivity contribution in [3.8, 4) is 28.6 Å². The molecule has 5 rings (SSSR count). The zero-order chi connectivity index (χ0) is 33.6. The molecule has 0 atom stereocenters. The molecule has 1 aliphatic heterocycles. The number of aromatic nitrogens is 3. The number of ether oxygens (including phenoxy) is 2. The van der Waals surface area contributed by atoms with Gasteiger partial charge in [0.1, 0.15) is 17.8 Å². The summed E-state index contributed by atoms with van der Waals surface area (Å²) < 4.78 is 48.1. The number of alkyl halides is 3. The van der Waals surface area contributed by atoms with Crippen molar-refractivity contribution in [3.05, 3.63) is 84.2 Å². The maximum Gasteiger partial charge on any atom is 0.573 e. The van der Waals surface area contributed by atoms with Gasteiger partial charge in [0.15, 0.2) is 16.1 Å². The van der Waals surface area contributed by atoms with Crippen molar-refractivity contribution in [2.24, 2.45) is 4.99 Å². The summed E-state index contributed by atoms with van der Waals surface area (Å²) >= 11 is 6.87. The van der Waals surface area contributed by atoms with Gasteiger partial charge in [-0.05, 0) is 97.1 Å². The largest absolute Gasteiger partial charge is 0.573 e. The first-order valence-electron chi connectivity index (χ1n) is 14.9. The Kier molecular flexibility index (Phi) is 10.8. The molecule has 0 aliphatic carbocycles. The summed E-state index contributed by atoms with van der Waals surface area (Å²) in [6.45, 7) is 4.77. The summed E-state index contributed by atoms with van der Waals surface area (Å²) in [7, 11) is 1.62. The van der Waals surface area contributed by atoms with Gasteiger partial charge in [-0.25, -0.2) is 9.67 Å². The van der Waals surface area contributed by atoms with Gasteiger partial charge in [0, 0.05) is 12.1 Å². The van der Waals surface area contributed by atoms with E-state index in [1.807, 2.05) is 42.5 Å². The standard InChI is InChI=1S/C33H33F3N6O3S2/c1-21(2)27-18-26(44-3)14-15-28(27)42-29(43)19-47-32(42)39-31(46)37-16-5-4-7-22-8-6-9-23(17-22)30-38-20-41(40-30)24-10-12-25(13-11-24)45-33(34,35)36/h6,8-15,17-18,20-21H,4-5,7,16,19H2,1-3H3,(H,37,46). The number of rotatable bonds is 11. The van der Waals surface area contributed by atoms with Crippen LogP contribution in [0.1, 0.15) is 43.7 Å². The fourth-order valence-corrected chi connectivity index (χ4v) is 6.08. The van der Waals surface area contributed by atoms with Crippen LogP contribution in [0.2, 0.25) is 0 Å². The van der Waals surface area contributed by atoms with Crippen LogP contribution in [0, 0.1) is 0 Å². The molecule has 14 heteroatoms. The van der Waals surface area contributed by atoms with Crippen LogP contribution in [0.3, 0.4) is 0 Å². The number of anilines is 1. The van der Waals surface area contributed by atoms with E-state index in [1.54, 1.807) is 12.0 Å². The number of halogens is 3. The molecule has 1 N–H and O–H groups in total. The maximum absolute atomic E-state index is 12.8. The van der Waals surface area contributed by atoms with Gasteiger partial charge >= 0.3 is 6.36 Å². The quantitative estimate of drug-likeness (QED) is 0.130. The number of carbonyl (C=O) groups is 1. The van der Waals surface area contributed by atoms with Crippen molar-refractivity contribution in [1.82, 2.24) is 20.1 Å². The van der Waals surface area contributed by atoms with Crippen LogP contribution in [0.5, 0.6) is 11.5 Å². The molecule has 1 aromatic heterocycles. The molecule has 3 aromatic carbocycles. The normalized spacial score (nSPS) is 14.2. The van der Waals surface area contributed by atoms with Crippen LogP contribution in [-0.2, 0) is 11.2 Å². The predicted molar refractivity (Wildman–Crippen MR) is 181 cm³/mol. The number of aliphatic imine (C=N–C) groups is 1. The lowest BCUT2D eigenvalue weighted by Crippen LogP contribution is -2.32. The molecule has 2 heterocycles. The highest BCUT2D eigenvalue weighted by molar-refractivity contribution is 8.15. The van der Waals surface area contributed by atoms with Crippen LogP contribution < -0.4 is 19.7 Å². The van der Waals surface area contributed by atoms with Gasteiger partial charge in [-0.3, -0.25) is 9.69 Å². The van der Waals surface area contributed by atoms with Crippen LogP contribution in [0.15, 0.2) is 78.0 Å². The molecular formula is C33H33F3N6O3S2. The number of amidine groups is 1. The minimum atomic E-state index is -4.75. The summed E-state index contributed by atoms with van der Waals surface area (Å²) in [5.41, 5.74) is 4.28. The molecule has 1 saturated heterocycles. The van der Waals surface area contributed by atoms with E-state index < -0.39 is 6.36 Å². The Bertz CT molecular complexity index is 1760. The first-order valence-corrected chi connectivity index (χ1v) is 16.3. The third-order valence-electron chi connectivity index (χ3n) is 7.24. The Morgan fingerprint density at radius 1 is 1.09 bits per heavy atom. The van der Waals surface area contributed by atoms with Gasteiger partial charge in [0.05, 0.1) is 24.2 Å². The second kappa shape index (κ2) is 15.0. The molecule has 1 fully saturated rings. The predicted octanol–water partition coefficient (Wildman–Crippen LogP) is 7.30. The van der Waals surface area contributed by atoms with E-state index in [0.717, 1.165) is 47.4 Å². The van der Waals surface area contributed by atoms with Crippen molar-refractivity contribution >= 4 is 45.9 Å². The number of benzene rings is 3. The molecule has 0 saturated carbocycles. The second-order valence-corrected chi connectivity index (χ2v) is 12.3. The number of hydrogen-bond donors (Lipinski definition) is 1. The molecule has 0 bridgehead atoms. The van der Waals surface area contributed by atoms with E-state index in [-0.39, 0.29) is 17.6 Å². The van der Waals surface area contributed by atoms with E-state index in [1.165, 1.54) is 47.0 Å². The summed E-state index contributed by atoms with van der Waals surface area (Å²) in [5, 5.41) is 8.57. The van der Waals surface area contributed by atoms with Gasteiger partial charge in [-0.1, -0.05) is 43.8 Å². The fourth-order valence-electron chi connectivity index (χ4n) is 4.97. The van der Waals surface area contributed by atoms with E-state index in [2.05, 4.69) is 39.0 Å². The number of aryl methyl sites for hydroxylation is 1. The van der Waals surface area contributed by atoms with Crippen molar-refractivity contribution in [3.63, 3.8) is 0 Å². The lowest BCUT2D eigenvalue weighted by molar-refractivity contribution is -0.274. The number of nitrogens with one attached hydrogen (secondary N) is 1. The average molecular weight is 683 g/mol.